The fourth-order valence-corrected chi connectivity index (χ4v) is 1.96. The molecule has 0 saturated heterocycles. The molecule has 0 aliphatic rings. The summed E-state index contributed by atoms with van der Waals surface area (Å²) >= 11 is 5.87. The maximum absolute atomic E-state index is 11.0. The summed E-state index contributed by atoms with van der Waals surface area (Å²) in [6, 6.07) is 4.37. The second-order valence-electron chi connectivity index (χ2n) is 4.29. The first-order chi connectivity index (χ1) is 9.08. The zero-order valence-corrected chi connectivity index (χ0v) is 11.9. The molecule has 1 rings (SSSR count). The number of hydrogen-bond donors (Lipinski definition) is 1. The Bertz CT molecular complexity index is 426. The Labute approximate surface area is 118 Å². The molecule has 1 N–H and O–H groups in total. The lowest BCUT2D eigenvalue weighted by molar-refractivity contribution is -0.386. The number of nitro benzene ring substituents is 1. The van der Waals surface area contributed by atoms with Crippen molar-refractivity contribution in [3.05, 3.63) is 33.3 Å². The van der Waals surface area contributed by atoms with Crippen molar-refractivity contribution in [3.8, 4) is 5.75 Å². The monoisotopic (exact) mass is 286 g/mol. The molecule has 19 heavy (non-hydrogen) atoms. The Morgan fingerprint density at radius 3 is 2.79 bits per heavy atom. The standard InChI is InChI=1S/C13H19ClN2O3/c1-3-4-11(7-8-15-2)19-13-9-10(14)5-6-12(13)16(17)18/h5-6,9,11,15H,3-4,7-8H2,1-2H3. The predicted molar refractivity (Wildman–Crippen MR) is 76.0 cm³/mol. The molecular weight excluding hydrogens is 268 g/mol. The molecule has 1 aromatic rings. The van der Waals surface area contributed by atoms with Crippen LogP contribution < -0.4 is 10.1 Å². The maximum atomic E-state index is 11.0. The van der Waals surface area contributed by atoms with Gasteiger partial charge in [0.25, 0.3) is 0 Å². The summed E-state index contributed by atoms with van der Waals surface area (Å²) in [4.78, 5) is 10.5. The average molecular weight is 287 g/mol. The molecule has 1 atom stereocenters. The first-order valence-corrected chi connectivity index (χ1v) is 6.71. The lowest BCUT2D eigenvalue weighted by Crippen LogP contribution is -2.22. The third-order valence-corrected chi connectivity index (χ3v) is 2.97. The zero-order valence-electron chi connectivity index (χ0n) is 11.2. The Kier molecular flexibility index (Phi) is 6.59. The molecule has 0 aromatic heterocycles. The molecule has 5 nitrogen and oxygen atoms in total. The molecule has 0 fully saturated rings. The van der Waals surface area contributed by atoms with Crippen molar-refractivity contribution >= 4 is 17.3 Å². The average Bonchev–Trinajstić information content (AvgIpc) is 2.36. The second-order valence-corrected chi connectivity index (χ2v) is 4.73. The largest absolute Gasteiger partial charge is 0.483 e. The molecule has 106 valence electrons. The van der Waals surface area contributed by atoms with Crippen molar-refractivity contribution in [3.63, 3.8) is 0 Å². The van der Waals surface area contributed by atoms with Crippen LogP contribution in [0.25, 0.3) is 0 Å². The molecule has 0 saturated carbocycles. The van der Waals surface area contributed by atoms with E-state index in [1.807, 2.05) is 7.05 Å². The highest BCUT2D eigenvalue weighted by molar-refractivity contribution is 6.30. The molecular formula is C13H19ClN2O3. The summed E-state index contributed by atoms with van der Waals surface area (Å²) in [5.41, 5.74) is -0.0463. The fraction of sp³-hybridized carbons (Fsp3) is 0.538. The Balaban J connectivity index is 2.87. The molecule has 0 amide bonds. The van der Waals surface area contributed by atoms with E-state index < -0.39 is 4.92 Å². The Morgan fingerprint density at radius 2 is 2.21 bits per heavy atom. The van der Waals surface area contributed by atoms with E-state index in [1.54, 1.807) is 0 Å². The van der Waals surface area contributed by atoms with E-state index in [4.69, 9.17) is 16.3 Å². The maximum Gasteiger partial charge on any atom is 0.311 e. The van der Waals surface area contributed by atoms with Crippen molar-refractivity contribution in [2.24, 2.45) is 0 Å². The summed E-state index contributed by atoms with van der Waals surface area (Å²) in [7, 11) is 1.87. The molecule has 0 heterocycles. The van der Waals surface area contributed by atoms with E-state index in [0.29, 0.717) is 5.02 Å². The van der Waals surface area contributed by atoms with Crippen LogP contribution in [-0.2, 0) is 0 Å². The van der Waals surface area contributed by atoms with Crippen LogP contribution in [-0.4, -0.2) is 24.6 Å². The van der Waals surface area contributed by atoms with Crippen LogP contribution in [0.15, 0.2) is 18.2 Å². The van der Waals surface area contributed by atoms with Gasteiger partial charge < -0.3 is 10.1 Å². The summed E-state index contributed by atoms with van der Waals surface area (Å²) in [6.45, 7) is 2.86. The van der Waals surface area contributed by atoms with Gasteiger partial charge in [-0.1, -0.05) is 24.9 Å². The first kappa shape index (κ1) is 15.7. The van der Waals surface area contributed by atoms with Crippen LogP contribution in [0.1, 0.15) is 26.2 Å². The van der Waals surface area contributed by atoms with Gasteiger partial charge in [0.05, 0.1) is 4.92 Å². The number of benzene rings is 1. The summed E-state index contributed by atoms with van der Waals surface area (Å²) in [5.74, 6) is 0.243. The normalized spacial score (nSPS) is 12.2. The van der Waals surface area contributed by atoms with Crippen molar-refractivity contribution < 1.29 is 9.66 Å². The number of halogens is 1. The van der Waals surface area contributed by atoms with Gasteiger partial charge in [0.1, 0.15) is 6.10 Å². The van der Waals surface area contributed by atoms with Crippen LogP contribution in [0, 0.1) is 10.1 Å². The number of rotatable bonds is 8. The Morgan fingerprint density at radius 1 is 1.47 bits per heavy atom. The zero-order chi connectivity index (χ0) is 14.3. The number of ether oxygens (including phenoxy) is 1. The van der Waals surface area contributed by atoms with Gasteiger partial charge >= 0.3 is 5.69 Å². The van der Waals surface area contributed by atoms with Crippen molar-refractivity contribution in [2.75, 3.05) is 13.6 Å². The van der Waals surface area contributed by atoms with Crippen LogP contribution in [0.5, 0.6) is 5.75 Å². The van der Waals surface area contributed by atoms with Gasteiger partial charge in [-0.2, -0.15) is 0 Å². The SMILES string of the molecule is CCCC(CCNC)Oc1cc(Cl)ccc1[N+](=O)[O-]. The second kappa shape index (κ2) is 7.96. The van der Waals surface area contributed by atoms with Gasteiger partial charge in [0, 0.05) is 17.2 Å². The summed E-state index contributed by atoms with van der Waals surface area (Å²) < 4.78 is 5.76. The highest BCUT2D eigenvalue weighted by atomic mass is 35.5. The van der Waals surface area contributed by atoms with Gasteiger partial charge in [-0.25, -0.2) is 0 Å². The van der Waals surface area contributed by atoms with Crippen LogP contribution in [0.4, 0.5) is 5.69 Å². The molecule has 0 bridgehead atoms. The molecule has 1 unspecified atom stereocenters. The molecule has 0 spiro atoms. The van der Waals surface area contributed by atoms with Gasteiger partial charge in [-0.05, 0) is 32.5 Å². The van der Waals surface area contributed by atoms with Crippen LogP contribution >= 0.6 is 11.6 Å². The lowest BCUT2D eigenvalue weighted by atomic mass is 10.1. The molecule has 0 aliphatic heterocycles. The lowest BCUT2D eigenvalue weighted by Gasteiger charge is -2.18. The van der Waals surface area contributed by atoms with Crippen molar-refractivity contribution in [1.29, 1.82) is 0 Å². The molecule has 1 aromatic carbocycles. The van der Waals surface area contributed by atoms with E-state index in [0.717, 1.165) is 25.8 Å². The molecule has 0 radical (unpaired) electrons. The van der Waals surface area contributed by atoms with Crippen molar-refractivity contribution in [2.45, 2.75) is 32.3 Å². The number of nitrogens with zero attached hydrogens (tertiary/aromatic N) is 1. The van der Waals surface area contributed by atoms with E-state index in [1.165, 1.54) is 18.2 Å². The third kappa shape index (κ3) is 5.04. The van der Waals surface area contributed by atoms with E-state index in [2.05, 4.69) is 12.2 Å². The topological polar surface area (TPSA) is 64.4 Å². The highest BCUT2D eigenvalue weighted by Gasteiger charge is 2.19. The summed E-state index contributed by atoms with van der Waals surface area (Å²) in [6.07, 6.45) is 2.57. The Hall–Kier alpha value is -1.33. The molecule has 0 aliphatic carbocycles. The van der Waals surface area contributed by atoms with Gasteiger partial charge in [0.2, 0.25) is 0 Å². The smallest absolute Gasteiger partial charge is 0.311 e. The number of nitrogens with one attached hydrogen (secondary N) is 1. The quantitative estimate of drug-likeness (QED) is 0.587. The first-order valence-electron chi connectivity index (χ1n) is 6.33. The van der Waals surface area contributed by atoms with Gasteiger partial charge in [-0.3, -0.25) is 10.1 Å². The van der Waals surface area contributed by atoms with Gasteiger partial charge in [-0.15, -0.1) is 0 Å². The number of hydrogen-bond acceptors (Lipinski definition) is 4. The van der Waals surface area contributed by atoms with Crippen molar-refractivity contribution in [1.82, 2.24) is 5.32 Å². The van der Waals surface area contributed by atoms with E-state index in [9.17, 15) is 10.1 Å². The predicted octanol–water partition coefficient (Wildman–Crippen LogP) is 3.41. The minimum atomic E-state index is -0.452. The summed E-state index contributed by atoms with van der Waals surface area (Å²) in [5, 5.41) is 14.4. The fourth-order valence-electron chi connectivity index (χ4n) is 1.80. The molecule has 6 heteroatoms. The number of nitro groups is 1. The van der Waals surface area contributed by atoms with Gasteiger partial charge in [0.15, 0.2) is 5.75 Å². The van der Waals surface area contributed by atoms with E-state index >= 15 is 0 Å². The minimum Gasteiger partial charge on any atom is -0.483 e. The highest BCUT2D eigenvalue weighted by Crippen LogP contribution is 2.31. The minimum absolute atomic E-state index is 0.0463. The van der Waals surface area contributed by atoms with Crippen LogP contribution in [0.2, 0.25) is 5.02 Å². The van der Waals surface area contributed by atoms with E-state index in [-0.39, 0.29) is 17.5 Å². The van der Waals surface area contributed by atoms with Crippen LogP contribution in [0.3, 0.4) is 0 Å². The third-order valence-electron chi connectivity index (χ3n) is 2.74.